The molecule has 28 heavy (non-hydrogen) atoms. The highest BCUT2D eigenvalue weighted by Crippen LogP contribution is 2.36. The lowest BCUT2D eigenvalue weighted by molar-refractivity contribution is -0.120. The molecule has 2 aliphatic rings. The van der Waals surface area contributed by atoms with Crippen molar-refractivity contribution in [3.8, 4) is 0 Å². The van der Waals surface area contributed by atoms with Crippen molar-refractivity contribution in [2.24, 2.45) is 0 Å². The van der Waals surface area contributed by atoms with Crippen LogP contribution in [-0.2, 0) is 9.59 Å². The van der Waals surface area contributed by atoms with Crippen molar-refractivity contribution in [2.75, 3.05) is 38.1 Å². The van der Waals surface area contributed by atoms with E-state index in [-0.39, 0.29) is 11.8 Å². The number of anilines is 1. The Bertz CT molecular complexity index is 957. The van der Waals surface area contributed by atoms with E-state index in [2.05, 4.69) is 22.9 Å². The van der Waals surface area contributed by atoms with E-state index in [0.717, 1.165) is 42.9 Å². The van der Waals surface area contributed by atoms with Crippen molar-refractivity contribution in [1.29, 1.82) is 0 Å². The van der Waals surface area contributed by atoms with Crippen LogP contribution < -0.4 is 4.90 Å². The van der Waals surface area contributed by atoms with Crippen LogP contribution in [-0.4, -0.2) is 54.8 Å². The summed E-state index contributed by atoms with van der Waals surface area (Å²) in [4.78, 5) is 32.6. The normalized spacial score (nSPS) is 18.4. The lowest BCUT2D eigenvalue weighted by atomic mass is 9.97. The van der Waals surface area contributed by atoms with Crippen LogP contribution in [0, 0.1) is 13.8 Å². The predicted molar refractivity (Wildman–Crippen MR) is 111 cm³/mol. The summed E-state index contributed by atoms with van der Waals surface area (Å²) < 4.78 is 0. The molecule has 5 nitrogen and oxygen atoms in total. The van der Waals surface area contributed by atoms with E-state index in [1.54, 1.807) is 0 Å². The maximum atomic E-state index is 13.5. The van der Waals surface area contributed by atoms with Crippen LogP contribution in [0.2, 0.25) is 0 Å². The van der Waals surface area contributed by atoms with Crippen LogP contribution in [0.4, 0.5) is 5.69 Å². The van der Waals surface area contributed by atoms with Gasteiger partial charge in [-0.05, 0) is 44.2 Å². The fourth-order valence-electron chi connectivity index (χ4n) is 3.99. The Hall–Kier alpha value is -2.92. The Kier molecular flexibility index (Phi) is 4.77. The van der Waals surface area contributed by atoms with Gasteiger partial charge in [0, 0.05) is 26.2 Å². The number of para-hydroxylation sites is 1. The monoisotopic (exact) mass is 375 g/mol. The van der Waals surface area contributed by atoms with Gasteiger partial charge in [0.25, 0.3) is 11.8 Å². The number of piperazine rings is 1. The highest BCUT2D eigenvalue weighted by molar-refractivity contribution is 6.45. The molecule has 4 rings (SSSR count). The second-order valence-corrected chi connectivity index (χ2v) is 7.61. The zero-order valence-electron chi connectivity index (χ0n) is 16.6. The first kappa shape index (κ1) is 18.4. The second kappa shape index (κ2) is 7.24. The fourth-order valence-corrected chi connectivity index (χ4v) is 3.99. The quantitative estimate of drug-likeness (QED) is 0.774. The van der Waals surface area contributed by atoms with Gasteiger partial charge in [0.2, 0.25) is 0 Å². The Labute approximate surface area is 165 Å². The van der Waals surface area contributed by atoms with Gasteiger partial charge in [-0.2, -0.15) is 0 Å². The molecule has 0 aliphatic carbocycles. The van der Waals surface area contributed by atoms with Crippen LogP contribution in [0.25, 0.3) is 5.57 Å². The summed E-state index contributed by atoms with van der Waals surface area (Å²) in [5.41, 5.74) is 4.67. The van der Waals surface area contributed by atoms with Crippen LogP contribution in [0.3, 0.4) is 0 Å². The Morgan fingerprint density at radius 2 is 1.50 bits per heavy atom. The molecule has 5 heteroatoms. The number of amides is 2. The molecule has 2 amide bonds. The number of hydrogen-bond donors (Lipinski definition) is 0. The molecule has 0 atom stereocenters. The number of benzene rings is 2. The van der Waals surface area contributed by atoms with Gasteiger partial charge in [-0.15, -0.1) is 0 Å². The van der Waals surface area contributed by atoms with Gasteiger partial charge >= 0.3 is 0 Å². The molecule has 1 saturated heterocycles. The first-order chi connectivity index (χ1) is 13.5. The van der Waals surface area contributed by atoms with Crippen molar-refractivity contribution in [2.45, 2.75) is 13.8 Å². The first-order valence-electron chi connectivity index (χ1n) is 9.66. The topological polar surface area (TPSA) is 43.9 Å². The number of rotatable bonds is 3. The van der Waals surface area contributed by atoms with Gasteiger partial charge in [-0.3, -0.25) is 9.59 Å². The third-order valence-electron chi connectivity index (χ3n) is 5.54. The summed E-state index contributed by atoms with van der Waals surface area (Å²) in [5.74, 6) is -0.465. The van der Waals surface area contributed by atoms with Crippen molar-refractivity contribution in [1.82, 2.24) is 9.80 Å². The summed E-state index contributed by atoms with van der Waals surface area (Å²) in [5, 5.41) is 0. The van der Waals surface area contributed by atoms with E-state index in [1.165, 1.54) is 4.90 Å². The summed E-state index contributed by atoms with van der Waals surface area (Å²) in [6, 6.07) is 15.2. The number of carbonyl (C=O) groups excluding carboxylic acids is 2. The summed E-state index contributed by atoms with van der Waals surface area (Å²) >= 11 is 0. The molecule has 2 aromatic carbocycles. The number of likely N-dealkylation sites (N-methyl/N-ethyl adjacent to an activating group) is 1. The van der Waals surface area contributed by atoms with Gasteiger partial charge in [-0.25, -0.2) is 4.90 Å². The van der Waals surface area contributed by atoms with Crippen LogP contribution in [0.15, 0.2) is 54.2 Å². The van der Waals surface area contributed by atoms with Crippen molar-refractivity contribution >= 4 is 23.1 Å². The van der Waals surface area contributed by atoms with Gasteiger partial charge < -0.3 is 9.80 Å². The Morgan fingerprint density at radius 1 is 0.821 bits per heavy atom. The fraction of sp³-hybridized carbons (Fsp3) is 0.304. The average Bonchev–Trinajstić information content (AvgIpc) is 2.93. The highest BCUT2D eigenvalue weighted by atomic mass is 16.2. The van der Waals surface area contributed by atoms with Crippen LogP contribution in [0.1, 0.15) is 16.7 Å². The number of aryl methyl sites for hydroxylation is 2. The largest absolute Gasteiger partial charge is 0.364 e. The third kappa shape index (κ3) is 3.12. The highest BCUT2D eigenvalue weighted by Gasteiger charge is 2.43. The van der Waals surface area contributed by atoms with Gasteiger partial charge in [-0.1, -0.05) is 42.0 Å². The molecule has 2 aliphatic heterocycles. The number of imide groups is 1. The maximum absolute atomic E-state index is 13.5. The van der Waals surface area contributed by atoms with Crippen LogP contribution in [0.5, 0.6) is 0 Å². The predicted octanol–water partition coefficient (Wildman–Crippen LogP) is 2.84. The van der Waals surface area contributed by atoms with Crippen molar-refractivity contribution in [3.63, 3.8) is 0 Å². The molecule has 0 radical (unpaired) electrons. The minimum atomic E-state index is -0.239. The lowest BCUT2D eigenvalue weighted by Crippen LogP contribution is -2.46. The summed E-state index contributed by atoms with van der Waals surface area (Å²) in [7, 11) is 2.08. The summed E-state index contributed by atoms with van der Waals surface area (Å²) in [6.07, 6.45) is 0. The smallest absolute Gasteiger partial charge is 0.282 e. The molecular weight excluding hydrogens is 350 g/mol. The molecule has 1 fully saturated rings. The molecule has 144 valence electrons. The summed E-state index contributed by atoms with van der Waals surface area (Å²) in [6.45, 7) is 7.25. The number of carbonyl (C=O) groups is 2. The Morgan fingerprint density at radius 3 is 2.14 bits per heavy atom. The zero-order valence-corrected chi connectivity index (χ0v) is 16.6. The molecule has 2 heterocycles. The average molecular weight is 375 g/mol. The molecule has 0 aromatic heterocycles. The van der Waals surface area contributed by atoms with Gasteiger partial charge in [0.15, 0.2) is 0 Å². The second-order valence-electron chi connectivity index (χ2n) is 7.61. The van der Waals surface area contributed by atoms with E-state index < -0.39 is 0 Å². The van der Waals surface area contributed by atoms with Gasteiger partial charge in [0.05, 0.1) is 11.3 Å². The van der Waals surface area contributed by atoms with Crippen LogP contribution >= 0.6 is 0 Å². The molecule has 0 unspecified atom stereocenters. The number of nitrogens with zero attached hydrogens (tertiary/aromatic N) is 3. The SMILES string of the molecule is Cc1ccc(C2=C(N3CCN(C)CC3)C(=O)N(c3ccccc3)C2=O)c(C)c1. The third-order valence-corrected chi connectivity index (χ3v) is 5.54. The molecule has 0 bridgehead atoms. The zero-order chi connectivity index (χ0) is 19.8. The molecule has 0 saturated carbocycles. The standard InChI is InChI=1S/C23H25N3O2/c1-16-9-10-19(17(2)15-16)20-21(25-13-11-24(3)12-14-25)23(28)26(22(20)27)18-7-5-4-6-8-18/h4-10,15H,11-14H2,1-3H3. The van der Waals surface area contributed by atoms with E-state index in [1.807, 2.05) is 56.3 Å². The van der Waals surface area contributed by atoms with E-state index >= 15 is 0 Å². The van der Waals surface area contributed by atoms with E-state index in [0.29, 0.717) is 17.0 Å². The van der Waals surface area contributed by atoms with Gasteiger partial charge in [0.1, 0.15) is 5.70 Å². The first-order valence-corrected chi connectivity index (χ1v) is 9.66. The maximum Gasteiger partial charge on any atom is 0.282 e. The number of hydrogen-bond acceptors (Lipinski definition) is 4. The molecular formula is C23H25N3O2. The molecule has 2 aromatic rings. The van der Waals surface area contributed by atoms with E-state index in [9.17, 15) is 9.59 Å². The van der Waals surface area contributed by atoms with Crippen molar-refractivity contribution in [3.05, 3.63) is 70.9 Å². The van der Waals surface area contributed by atoms with E-state index in [4.69, 9.17) is 0 Å². The molecule has 0 N–H and O–H groups in total. The lowest BCUT2D eigenvalue weighted by Gasteiger charge is -2.34. The van der Waals surface area contributed by atoms with Crippen molar-refractivity contribution < 1.29 is 9.59 Å². The molecule has 0 spiro atoms. The minimum Gasteiger partial charge on any atom is -0.364 e. The minimum absolute atomic E-state index is 0.226. The Balaban J connectivity index is 1.84.